The highest BCUT2D eigenvalue weighted by atomic mass is 35.5. The third-order valence-corrected chi connectivity index (χ3v) is 5.61. The Balaban J connectivity index is 1.78. The van der Waals surface area contributed by atoms with Crippen molar-refractivity contribution in [2.45, 2.75) is 20.4 Å². The molecule has 2 amide bonds. The van der Waals surface area contributed by atoms with Crippen LogP contribution in [0.2, 0.25) is 5.02 Å². The number of rotatable bonds is 5. The molecule has 0 aliphatic carbocycles. The summed E-state index contributed by atoms with van der Waals surface area (Å²) in [6.45, 7) is 3.91. The smallest absolute Gasteiger partial charge is 0.278 e. The molecule has 3 aromatic carbocycles. The van der Waals surface area contributed by atoms with E-state index in [4.69, 9.17) is 11.6 Å². The quantitative estimate of drug-likeness (QED) is 0.540. The van der Waals surface area contributed by atoms with Crippen LogP contribution in [0.25, 0.3) is 5.57 Å². The lowest BCUT2D eigenvalue weighted by Crippen LogP contribution is -2.32. The zero-order chi connectivity index (χ0) is 22.1. The molecule has 0 aromatic heterocycles. The van der Waals surface area contributed by atoms with Gasteiger partial charge in [0.05, 0.1) is 12.1 Å². The number of anilines is 1. The summed E-state index contributed by atoms with van der Waals surface area (Å²) in [4.78, 5) is 27.9. The molecular formula is C25H20ClFN2O2. The number of nitrogens with one attached hydrogen (secondary N) is 1. The van der Waals surface area contributed by atoms with Crippen LogP contribution in [0.3, 0.4) is 0 Å². The highest BCUT2D eigenvalue weighted by Crippen LogP contribution is 2.33. The molecule has 1 aliphatic heterocycles. The molecule has 0 saturated heterocycles. The highest BCUT2D eigenvalue weighted by molar-refractivity contribution is 6.36. The summed E-state index contributed by atoms with van der Waals surface area (Å²) in [7, 11) is 0. The molecule has 0 bridgehead atoms. The number of aryl methyl sites for hydroxylation is 2. The van der Waals surface area contributed by atoms with E-state index in [0.717, 1.165) is 21.7 Å². The van der Waals surface area contributed by atoms with Gasteiger partial charge in [-0.25, -0.2) is 4.39 Å². The first kappa shape index (κ1) is 20.8. The van der Waals surface area contributed by atoms with E-state index >= 15 is 0 Å². The van der Waals surface area contributed by atoms with Gasteiger partial charge in [0.15, 0.2) is 0 Å². The predicted molar refractivity (Wildman–Crippen MR) is 120 cm³/mol. The third kappa shape index (κ3) is 4.09. The Kier molecular flexibility index (Phi) is 5.61. The predicted octanol–water partition coefficient (Wildman–Crippen LogP) is 5.49. The van der Waals surface area contributed by atoms with Crippen LogP contribution in [0.5, 0.6) is 0 Å². The lowest BCUT2D eigenvalue weighted by Gasteiger charge is -2.16. The van der Waals surface area contributed by atoms with Crippen LogP contribution in [0.15, 0.2) is 72.4 Å². The molecule has 31 heavy (non-hydrogen) atoms. The summed E-state index contributed by atoms with van der Waals surface area (Å²) in [5.41, 5.74) is 4.18. The first-order valence-electron chi connectivity index (χ1n) is 9.79. The fourth-order valence-corrected chi connectivity index (χ4v) is 3.72. The largest absolute Gasteiger partial charge is 0.350 e. The summed E-state index contributed by atoms with van der Waals surface area (Å²) in [6.07, 6.45) is 0. The van der Waals surface area contributed by atoms with Gasteiger partial charge in [0.2, 0.25) is 0 Å². The summed E-state index contributed by atoms with van der Waals surface area (Å²) in [5.74, 6) is -1.33. The summed E-state index contributed by atoms with van der Waals surface area (Å²) in [6, 6.07) is 18.4. The molecule has 4 rings (SSSR count). The van der Waals surface area contributed by atoms with Gasteiger partial charge in [-0.05, 0) is 60.4 Å². The number of hydrogen-bond acceptors (Lipinski definition) is 3. The Morgan fingerprint density at radius 2 is 1.65 bits per heavy atom. The van der Waals surface area contributed by atoms with Crippen LogP contribution in [-0.4, -0.2) is 16.7 Å². The maximum atomic E-state index is 13.5. The molecule has 0 radical (unpaired) electrons. The Morgan fingerprint density at radius 1 is 0.935 bits per heavy atom. The monoisotopic (exact) mass is 434 g/mol. The maximum absolute atomic E-state index is 13.5. The van der Waals surface area contributed by atoms with Gasteiger partial charge in [0.1, 0.15) is 11.5 Å². The number of halogens is 2. The Hall–Kier alpha value is -3.44. The number of carbonyl (C=O) groups is 2. The van der Waals surface area contributed by atoms with Crippen LogP contribution in [0.1, 0.15) is 22.3 Å². The zero-order valence-corrected chi connectivity index (χ0v) is 17.8. The SMILES string of the molecule is Cc1ccc(C)c(NC2=C(c3ccc(F)cc3)C(=O)N(Cc3ccccc3Cl)C2=O)c1. The molecule has 0 fully saturated rings. The second kappa shape index (κ2) is 8.36. The molecule has 0 unspecified atom stereocenters. The van der Waals surface area contributed by atoms with Crippen molar-refractivity contribution < 1.29 is 14.0 Å². The fraction of sp³-hybridized carbons (Fsp3) is 0.120. The van der Waals surface area contributed by atoms with Crippen LogP contribution >= 0.6 is 11.6 Å². The Bertz CT molecular complexity index is 1220. The molecular weight excluding hydrogens is 415 g/mol. The van der Waals surface area contributed by atoms with Crippen LogP contribution in [0.4, 0.5) is 10.1 Å². The lowest BCUT2D eigenvalue weighted by molar-refractivity contribution is -0.137. The van der Waals surface area contributed by atoms with E-state index in [-0.39, 0.29) is 17.8 Å². The first-order valence-corrected chi connectivity index (χ1v) is 10.2. The number of nitrogens with zero attached hydrogens (tertiary/aromatic N) is 1. The normalized spacial score (nSPS) is 13.9. The molecule has 1 aliphatic rings. The molecule has 3 aromatic rings. The van der Waals surface area contributed by atoms with Gasteiger partial charge < -0.3 is 5.32 Å². The fourth-order valence-electron chi connectivity index (χ4n) is 3.52. The van der Waals surface area contributed by atoms with E-state index in [9.17, 15) is 14.0 Å². The molecule has 0 spiro atoms. The van der Waals surface area contributed by atoms with Crippen LogP contribution in [-0.2, 0) is 16.1 Å². The zero-order valence-electron chi connectivity index (χ0n) is 17.1. The number of amides is 2. The average molecular weight is 435 g/mol. The van der Waals surface area contributed by atoms with Gasteiger partial charge >= 0.3 is 0 Å². The van der Waals surface area contributed by atoms with Gasteiger partial charge in [-0.3, -0.25) is 14.5 Å². The minimum absolute atomic E-state index is 0.0417. The number of imide groups is 1. The molecule has 1 N–H and O–H groups in total. The van der Waals surface area contributed by atoms with Crippen molar-refractivity contribution in [3.8, 4) is 0 Å². The van der Waals surface area contributed by atoms with E-state index in [0.29, 0.717) is 16.1 Å². The van der Waals surface area contributed by atoms with Gasteiger partial charge in [0, 0.05) is 10.7 Å². The minimum Gasteiger partial charge on any atom is -0.350 e. The number of benzene rings is 3. The standard InChI is InChI=1S/C25H20ClFN2O2/c1-15-7-8-16(2)21(13-15)28-23-22(17-9-11-19(27)12-10-17)24(30)29(25(23)31)14-18-5-3-4-6-20(18)26/h3-13,28H,14H2,1-2H3. The second-order valence-electron chi connectivity index (χ2n) is 7.49. The molecule has 6 heteroatoms. The number of hydrogen-bond donors (Lipinski definition) is 1. The van der Waals surface area contributed by atoms with Gasteiger partial charge in [-0.1, -0.05) is 54.1 Å². The Morgan fingerprint density at radius 3 is 2.35 bits per heavy atom. The topological polar surface area (TPSA) is 49.4 Å². The molecule has 0 saturated carbocycles. The van der Waals surface area contributed by atoms with Crippen molar-refractivity contribution in [3.63, 3.8) is 0 Å². The molecule has 0 atom stereocenters. The van der Waals surface area contributed by atoms with E-state index in [2.05, 4.69) is 5.32 Å². The summed E-state index contributed by atoms with van der Waals surface area (Å²) < 4.78 is 13.5. The Labute approximate surface area is 185 Å². The number of carbonyl (C=O) groups excluding carboxylic acids is 2. The van der Waals surface area contributed by atoms with Crippen molar-refractivity contribution in [1.82, 2.24) is 4.90 Å². The van der Waals surface area contributed by atoms with Crippen molar-refractivity contribution in [1.29, 1.82) is 0 Å². The van der Waals surface area contributed by atoms with Gasteiger partial charge in [-0.2, -0.15) is 0 Å². The summed E-state index contributed by atoms with van der Waals surface area (Å²) >= 11 is 6.25. The summed E-state index contributed by atoms with van der Waals surface area (Å²) in [5, 5.41) is 3.64. The third-order valence-electron chi connectivity index (χ3n) is 5.24. The lowest BCUT2D eigenvalue weighted by atomic mass is 10.0. The van der Waals surface area contributed by atoms with Crippen LogP contribution < -0.4 is 5.32 Å². The minimum atomic E-state index is -0.454. The van der Waals surface area contributed by atoms with Crippen molar-refractivity contribution in [3.05, 3.63) is 106 Å². The van der Waals surface area contributed by atoms with Gasteiger partial charge in [0.25, 0.3) is 11.8 Å². The van der Waals surface area contributed by atoms with E-state index < -0.39 is 17.6 Å². The van der Waals surface area contributed by atoms with Crippen molar-refractivity contribution in [2.24, 2.45) is 0 Å². The molecule has 1 heterocycles. The van der Waals surface area contributed by atoms with Gasteiger partial charge in [-0.15, -0.1) is 0 Å². The average Bonchev–Trinajstić information content (AvgIpc) is 2.97. The van der Waals surface area contributed by atoms with E-state index in [1.54, 1.807) is 24.3 Å². The van der Waals surface area contributed by atoms with Crippen molar-refractivity contribution in [2.75, 3.05) is 5.32 Å². The van der Waals surface area contributed by atoms with E-state index in [1.807, 2.05) is 32.0 Å². The molecule has 156 valence electrons. The molecule has 4 nitrogen and oxygen atoms in total. The first-order chi connectivity index (χ1) is 14.8. The van der Waals surface area contributed by atoms with Crippen molar-refractivity contribution >= 4 is 34.7 Å². The maximum Gasteiger partial charge on any atom is 0.278 e. The second-order valence-corrected chi connectivity index (χ2v) is 7.90. The van der Waals surface area contributed by atoms with Crippen LogP contribution in [0, 0.1) is 19.7 Å². The highest BCUT2D eigenvalue weighted by Gasteiger charge is 2.39. The van der Waals surface area contributed by atoms with E-state index in [1.165, 1.54) is 24.3 Å².